The summed E-state index contributed by atoms with van der Waals surface area (Å²) in [5.74, 6) is 0.222. The number of nitrogen functional groups attached to an aromatic ring is 2. The molecule has 0 bridgehead atoms. The van der Waals surface area contributed by atoms with Crippen LogP contribution in [-0.2, 0) is 287 Å². The van der Waals surface area contributed by atoms with Crippen molar-refractivity contribution in [2.24, 2.45) is 0 Å². The number of rotatable bonds is 0. The van der Waals surface area contributed by atoms with Gasteiger partial charge in [0, 0.05) is 282 Å². The monoisotopic (exact) mass is 1180 g/mol. The summed E-state index contributed by atoms with van der Waals surface area (Å²) < 4.78 is 0. The fourth-order valence-corrected chi connectivity index (χ4v) is 74.3. The van der Waals surface area contributed by atoms with E-state index in [0.717, 1.165) is 11.1 Å². The molecule has 0 saturated carbocycles. The minimum absolute atomic E-state index is 0.222. The second-order valence-corrected chi connectivity index (χ2v) is 57.0. The average molecular weight is 1180 g/mol. The smallest absolute Gasteiger partial charge is 0.152 e. The summed E-state index contributed by atoms with van der Waals surface area (Å²) in [5, 5.41) is 0. The standard InChI is InChI=1S/C13H18N2O.S30/c1-12(2)7-5-9(14)10(15)6-8(7)13(3,4)11(12)16;1-3-5-7-9-11-13-15-17-19-21-23-25-27-29-30-28-26-24-22-20-18-16-14-12-10-8-6-4-2/h5-6H,14-15H2,1-4H3;. The summed E-state index contributed by atoms with van der Waals surface area (Å²) in [5.41, 5.74) is 13.8. The van der Waals surface area contributed by atoms with E-state index in [4.69, 9.17) is 33.8 Å². The van der Waals surface area contributed by atoms with Crippen LogP contribution >= 0.6 is 0 Å². The Labute approximate surface area is 358 Å². The summed E-state index contributed by atoms with van der Waals surface area (Å²) in [4.78, 5) is 12.3. The average Bonchev–Trinajstić information content (AvgIpc) is 3.15. The summed E-state index contributed by atoms with van der Waals surface area (Å²) in [6, 6.07) is 3.69. The van der Waals surface area contributed by atoms with E-state index in [1.54, 1.807) is 124 Å². The van der Waals surface area contributed by atoms with Crippen LogP contribution in [0.15, 0.2) is 12.1 Å². The quantitative estimate of drug-likeness (QED) is 0.390. The van der Waals surface area contributed by atoms with Crippen LogP contribution in [0.1, 0.15) is 38.8 Å². The molecule has 1 aromatic carbocycles. The molecule has 1 aromatic rings. The van der Waals surface area contributed by atoms with Crippen LogP contribution in [0.2, 0.25) is 0 Å². The first-order chi connectivity index (χ1) is 22.1. The third kappa shape index (κ3) is 21.8. The van der Waals surface area contributed by atoms with Crippen LogP contribution in [-0.4, -0.2) is 5.78 Å². The van der Waals surface area contributed by atoms with Gasteiger partial charge in [-0.1, -0.05) is 0 Å². The van der Waals surface area contributed by atoms with Crippen LogP contribution in [0.25, 0.3) is 0 Å². The molecule has 46 heavy (non-hydrogen) atoms. The highest BCUT2D eigenvalue weighted by atomic mass is 33.5. The van der Waals surface area contributed by atoms with Gasteiger partial charge in [0.15, 0.2) is 5.78 Å². The summed E-state index contributed by atoms with van der Waals surface area (Å²) in [6.07, 6.45) is 0. The molecule has 0 aromatic heterocycles. The zero-order chi connectivity index (χ0) is 34.1. The summed E-state index contributed by atoms with van der Waals surface area (Å²) >= 11 is 9.57. The first kappa shape index (κ1) is 49.1. The van der Waals surface area contributed by atoms with E-state index in [2.05, 4.69) is 0 Å². The van der Waals surface area contributed by atoms with E-state index in [1.807, 2.05) is 146 Å². The van der Waals surface area contributed by atoms with Crippen molar-refractivity contribution in [3.63, 3.8) is 0 Å². The molecule has 1 aliphatic carbocycles. The van der Waals surface area contributed by atoms with E-state index in [1.165, 1.54) is 17.8 Å². The number of anilines is 2. The Bertz CT molecular complexity index is 2440. The predicted molar refractivity (Wildman–Crippen MR) is 287 cm³/mol. The topological polar surface area (TPSA) is 69.1 Å². The van der Waals surface area contributed by atoms with Crippen molar-refractivity contribution in [1.82, 2.24) is 0 Å². The highest BCUT2D eigenvalue weighted by molar-refractivity contribution is 8.80. The van der Waals surface area contributed by atoms with Gasteiger partial charge < -0.3 is 11.5 Å². The Morgan fingerprint density at radius 3 is 0.761 bits per heavy atom. The number of Topliss-reactive ketones (excluding diaryl/α,β-unsaturated/α-hetero) is 1. The fourth-order valence-electron chi connectivity index (χ4n) is 2.99. The van der Waals surface area contributed by atoms with Gasteiger partial charge in [-0.15, -0.1) is 0 Å². The molecule has 0 heterocycles. The molecule has 1 aliphatic rings. The third-order valence-corrected chi connectivity index (χ3v) is 64.5. The molecule has 0 atom stereocenters. The minimum Gasteiger partial charge on any atom is -0.397 e. The van der Waals surface area contributed by atoms with Gasteiger partial charge in [-0.05, 0) is 51.0 Å². The SMILES string of the molecule is CC1(C)C(=O)C(C)(C)c2cc(N)c(N)cc21.S=S=S=S=S=S=S=S=S=S=S=S=S=S=S=S=S=S=S=S=S=S=S=S=S=S=S=S=S=S. The Morgan fingerprint density at radius 1 is 0.413 bits per heavy atom. The molecule has 4 N–H and O–H groups in total. The van der Waals surface area contributed by atoms with Gasteiger partial charge in [-0.3, -0.25) is 4.79 Å². The molecule has 0 radical (unpaired) electrons. The number of nitrogens with two attached hydrogens (primary N) is 2. The van der Waals surface area contributed by atoms with Gasteiger partial charge in [0.2, 0.25) is 0 Å². The van der Waals surface area contributed by atoms with Crippen molar-refractivity contribution in [2.75, 3.05) is 11.5 Å². The Balaban J connectivity index is 0.000000547. The summed E-state index contributed by atoms with van der Waals surface area (Å²) in [7, 11) is 49.1. The molecule has 33 heteroatoms. The fraction of sp³-hybridized carbons (Fsp3) is 0.462. The highest BCUT2D eigenvalue weighted by Crippen LogP contribution is 2.48. The molecular formula is C13H18N2OS30. The molecular weight excluding hydrogens is 1160 g/mol. The maximum atomic E-state index is 12.3. The van der Waals surface area contributed by atoms with Crippen molar-refractivity contribution >= 4 is 288 Å². The molecule has 2 rings (SSSR count). The van der Waals surface area contributed by atoms with Crippen molar-refractivity contribution in [1.29, 1.82) is 0 Å². The van der Waals surface area contributed by atoms with E-state index in [9.17, 15) is 4.79 Å². The van der Waals surface area contributed by atoms with Crippen molar-refractivity contribution < 1.29 is 4.79 Å². The van der Waals surface area contributed by atoms with Crippen molar-refractivity contribution in [3.8, 4) is 0 Å². The molecule has 0 fully saturated rings. The zero-order valence-corrected chi connectivity index (χ0v) is 47.0. The molecule has 3 nitrogen and oxygen atoms in total. The molecule has 0 amide bonds. The van der Waals surface area contributed by atoms with E-state index in [-0.39, 0.29) is 5.78 Å². The number of benzene rings is 1. The van der Waals surface area contributed by atoms with Gasteiger partial charge >= 0.3 is 0 Å². The zero-order valence-electron chi connectivity index (χ0n) is 22.5. The van der Waals surface area contributed by atoms with Crippen molar-refractivity contribution in [3.05, 3.63) is 23.3 Å². The minimum atomic E-state index is -0.472. The largest absolute Gasteiger partial charge is 0.397 e. The molecule has 0 saturated heterocycles. The normalized spacial score (nSPS) is 12.2. The van der Waals surface area contributed by atoms with Crippen LogP contribution in [0.5, 0.6) is 0 Å². The number of fused-ring (bicyclic) bond motifs is 1. The number of hydrogen-bond acceptors (Lipinski definition) is 5. The number of ketones is 1. The number of carbonyl (C=O) groups excluding carboxylic acids is 1. The van der Waals surface area contributed by atoms with Crippen LogP contribution < -0.4 is 11.5 Å². The lowest BCUT2D eigenvalue weighted by molar-refractivity contribution is -0.126. The Kier molecular flexibility index (Phi) is 33.4. The lowest BCUT2D eigenvalue weighted by Crippen LogP contribution is -2.33. The first-order valence-corrected chi connectivity index (χ1v) is 48.9. The van der Waals surface area contributed by atoms with Crippen molar-refractivity contribution in [2.45, 2.75) is 38.5 Å². The van der Waals surface area contributed by atoms with Crippen LogP contribution in [0.4, 0.5) is 11.4 Å². The predicted octanol–water partition coefficient (Wildman–Crippen LogP) is 1.92. The van der Waals surface area contributed by atoms with Gasteiger partial charge in [-0.25, -0.2) is 0 Å². The Hall–Kier alpha value is 5.09. The molecule has 0 unspecified atom stereocenters. The van der Waals surface area contributed by atoms with Gasteiger partial charge in [0.25, 0.3) is 0 Å². The molecule has 0 aliphatic heterocycles. The number of carbonyl (C=O) groups is 1. The maximum Gasteiger partial charge on any atom is 0.152 e. The maximum absolute atomic E-state index is 12.3. The van der Waals surface area contributed by atoms with E-state index < -0.39 is 10.8 Å². The lowest BCUT2D eigenvalue weighted by Gasteiger charge is -2.21. The van der Waals surface area contributed by atoms with Gasteiger partial charge in [0.05, 0.1) is 11.4 Å². The highest BCUT2D eigenvalue weighted by Gasteiger charge is 2.50. The number of hydrogen-bond donors (Lipinski definition) is 2. The second-order valence-electron chi connectivity index (χ2n) is 7.51. The van der Waals surface area contributed by atoms with Gasteiger partial charge in [0.1, 0.15) is 0 Å². The second kappa shape index (κ2) is 31.3. The Morgan fingerprint density at radius 2 is 0.587 bits per heavy atom. The van der Waals surface area contributed by atoms with E-state index in [0.29, 0.717) is 11.4 Å². The summed E-state index contributed by atoms with van der Waals surface area (Å²) in [6.45, 7) is 7.77. The first-order valence-electron chi connectivity index (χ1n) is 10.3. The van der Waals surface area contributed by atoms with Gasteiger partial charge in [-0.2, -0.15) is 0 Å². The van der Waals surface area contributed by atoms with Crippen LogP contribution in [0.3, 0.4) is 0 Å². The third-order valence-electron chi connectivity index (χ3n) is 4.46. The molecule has 266 valence electrons. The molecule has 0 spiro atoms. The van der Waals surface area contributed by atoms with E-state index >= 15 is 0 Å². The lowest BCUT2D eigenvalue weighted by atomic mass is 9.80. The van der Waals surface area contributed by atoms with Crippen LogP contribution in [0, 0.1) is 0 Å².